The first-order valence-corrected chi connectivity index (χ1v) is 11.1. The van der Waals surface area contributed by atoms with E-state index in [0.717, 1.165) is 37.7 Å². The van der Waals surface area contributed by atoms with Crippen molar-refractivity contribution in [3.05, 3.63) is 53.6 Å². The molecule has 31 heavy (non-hydrogen) atoms. The highest BCUT2D eigenvalue weighted by atomic mass is 16.5. The van der Waals surface area contributed by atoms with Crippen molar-refractivity contribution in [3.8, 4) is 11.5 Å². The lowest BCUT2D eigenvalue weighted by molar-refractivity contribution is -0.122. The molecule has 1 fully saturated rings. The Hall–Kier alpha value is -3.02. The summed E-state index contributed by atoms with van der Waals surface area (Å²) in [6.07, 6.45) is 4.58. The molecule has 0 radical (unpaired) electrons. The third-order valence-electron chi connectivity index (χ3n) is 6.09. The van der Waals surface area contributed by atoms with E-state index in [0.29, 0.717) is 42.4 Å². The first-order chi connectivity index (χ1) is 15.1. The van der Waals surface area contributed by atoms with Crippen LogP contribution in [0.25, 0.3) is 0 Å². The van der Waals surface area contributed by atoms with E-state index >= 15 is 0 Å². The Morgan fingerprint density at radius 1 is 1.06 bits per heavy atom. The Morgan fingerprint density at radius 3 is 2.61 bits per heavy atom. The van der Waals surface area contributed by atoms with Crippen molar-refractivity contribution in [1.82, 2.24) is 4.90 Å². The molecule has 0 N–H and O–H groups in total. The number of unbranched alkanes of at least 4 members (excludes halogenated alkanes) is 2. The standard InChI is InChI=1S/C25H30N2O4/c1-3-4-8-13-27-21-16-23(31-17-18-10-6-5-7-11-18)22(30-2)15-19(21)24(28)26-14-9-12-20(26)25(27)29/h5-7,10-11,15-16,20H,3-4,8-9,12-14,17H2,1-2H3/t20-/m0/s1. The maximum absolute atomic E-state index is 13.4. The van der Waals surface area contributed by atoms with Crippen molar-refractivity contribution in [2.75, 3.05) is 25.1 Å². The number of nitrogens with zero attached hydrogens (tertiary/aromatic N) is 2. The Bertz CT molecular complexity index is 944. The molecule has 0 aromatic heterocycles. The number of rotatable bonds is 8. The van der Waals surface area contributed by atoms with Crippen LogP contribution in [0.3, 0.4) is 0 Å². The van der Waals surface area contributed by atoms with Crippen molar-refractivity contribution in [1.29, 1.82) is 0 Å². The van der Waals surface area contributed by atoms with E-state index in [4.69, 9.17) is 9.47 Å². The highest BCUT2D eigenvalue weighted by Gasteiger charge is 2.42. The van der Waals surface area contributed by atoms with Gasteiger partial charge in [0.1, 0.15) is 12.6 Å². The Balaban J connectivity index is 1.72. The summed E-state index contributed by atoms with van der Waals surface area (Å²) in [5.74, 6) is 0.950. The number of amides is 2. The molecule has 0 unspecified atom stereocenters. The van der Waals surface area contributed by atoms with Gasteiger partial charge in [0, 0.05) is 19.2 Å². The van der Waals surface area contributed by atoms with E-state index in [9.17, 15) is 9.59 Å². The van der Waals surface area contributed by atoms with E-state index in [1.807, 2.05) is 30.3 Å². The molecule has 2 aromatic rings. The first kappa shape index (κ1) is 21.2. The predicted octanol–water partition coefficient (Wildman–Crippen LogP) is 4.42. The van der Waals surface area contributed by atoms with Gasteiger partial charge in [0.15, 0.2) is 11.5 Å². The molecule has 0 spiro atoms. The minimum atomic E-state index is -0.374. The number of anilines is 1. The number of carbonyl (C=O) groups is 2. The molecule has 6 heteroatoms. The first-order valence-electron chi connectivity index (χ1n) is 11.1. The van der Waals surface area contributed by atoms with E-state index in [-0.39, 0.29) is 17.9 Å². The van der Waals surface area contributed by atoms with Crippen LogP contribution < -0.4 is 14.4 Å². The van der Waals surface area contributed by atoms with Crippen LogP contribution in [0.2, 0.25) is 0 Å². The molecule has 0 bridgehead atoms. The van der Waals surface area contributed by atoms with Gasteiger partial charge in [-0.25, -0.2) is 0 Å². The summed E-state index contributed by atoms with van der Waals surface area (Å²) in [5, 5.41) is 0. The van der Waals surface area contributed by atoms with Crippen molar-refractivity contribution in [3.63, 3.8) is 0 Å². The van der Waals surface area contributed by atoms with Gasteiger partial charge in [-0.2, -0.15) is 0 Å². The lowest BCUT2D eigenvalue weighted by Gasteiger charge is -2.26. The zero-order valence-electron chi connectivity index (χ0n) is 18.3. The second-order valence-electron chi connectivity index (χ2n) is 8.15. The van der Waals surface area contributed by atoms with Gasteiger partial charge in [-0.3, -0.25) is 9.59 Å². The fourth-order valence-electron chi connectivity index (χ4n) is 4.42. The zero-order chi connectivity index (χ0) is 21.8. The third kappa shape index (κ3) is 4.24. The van der Waals surface area contributed by atoms with Crippen LogP contribution in [0.1, 0.15) is 54.9 Å². The second kappa shape index (κ2) is 9.41. The van der Waals surface area contributed by atoms with E-state index < -0.39 is 0 Å². The summed E-state index contributed by atoms with van der Waals surface area (Å²) in [4.78, 5) is 30.3. The van der Waals surface area contributed by atoms with E-state index in [1.165, 1.54) is 0 Å². The SMILES string of the molecule is CCCCCN1C(=O)[C@@H]2CCCN2C(=O)c2cc(OC)c(OCc3ccccc3)cc21. The predicted molar refractivity (Wildman–Crippen MR) is 120 cm³/mol. The molecule has 2 amide bonds. The van der Waals surface area contributed by atoms with E-state index in [2.05, 4.69) is 6.92 Å². The Labute approximate surface area is 183 Å². The number of ether oxygens (including phenoxy) is 2. The van der Waals surface area contributed by atoms with Crippen LogP contribution in [0.15, 0.2) is 42.5 Å². The molecule has 164 valence electrons. The summed E-state index contributed by atoms with van der Waals surface area (Å²) in [5.41, 5.74) is 2.18. The highest BCUT2D eigenvalue weighted by Crippen LogP contribution is 2.40. The molecule has 2 heterocycles. The van der Waals surface area contributed by atoms with Crippen LogP contribution in [0.4, 0.5) is 5.69 Å². The minimum absolute atomic E-state index is 0.0138. The average molecular weight is 423 g/mol. The molecule has 0 aliphatic carbocycles. The molecule has 2 aliphatic heterocycles. The van der Waals surface area contributed by atoms with Gasteiger partial charge in [-0.05, 0) is 30.9 Å². The summed E-state index contributed by atoms with van der Waals surface area (Å²) in [6, 6.07) is 13.0. The maximum Gasteiger partial charge on any atom is 0.256 e. The largest absolute Gasteiger partial charge is 0.493 e. The number of hydrogen-bond donors (Lipinski definition) is 0. The monoisotopic (exact) mass is 422 g/mol. The Kier molecular flexibility index (Phi) is 6.44. The average Bonchev–Trinajstić information content (AvgIpc) is 3.27. The molecule has 6 nitrogen and oxygen atoms in total. The van der Waals surface area contributed by atoms with Gasteiger partial charge in [-0.1, -0.05) is 50.1 Å². The lowest BCUT2D eigenvalue weighted by Crippen LogP contribution is -2.45. The van der Waals surface area contributed by atoms with Gasteiger partial charge in [-0.15, -0.1) is 0 Å². The van der Waals surface area contributed by atoms with Crippen LogP contribution in [-0.4, -0.2) is 43.0 Å². The summed E-state index contributed by atoms with van der Waals surface area (Å²) in [6.45, 7) is 3.73. The number of fused-ring (bicyclic) bond motifs is 2. The molecule has 1 atom stereocenters. The molecule has 1 saturated heterocycles. The molecule has 4 rings (SSSR count). The lowest BCUT2D eigenvalue weighted by atomic mass is 10.1. The van der Waals surface area contributed by atoms with Gasteiger partial charge < -0.3 is 19.3 Å². The van der Waals surface area contributed by atoms with Crippen LogP contribution >= 0.6 is 0 Å². The van der Waals surface area contributed by atoms with Crippen LogP contribution in [-0.2, 0) is 11.4 Å². The number of carbonyl (C=O) groups excluding carboxylic acids is 2. The second-order valence-corrected chi connectivity index (χ2v) is 8.15. The molecule has 2 aliphatic rings. The topological polar surface area (TPSA) is 59.1 Å². The van der Waals surface area contributed by atoms with Gasteiger partial charge in [0.25, 0.3) is 5.91 Å². The fourth-order valence-corrected chi connectivity index (χ4v) is 4.42. The van der Waals surface area contributed by atoms with Crippen molar-refractivity contribution in [2.24, 2.45) is 0 Å². The molecular weight excluding hydrogens is 392 g/mol. The fraction of sp³-hybridized carbons (Fsp3) is 0.440. The molecule has 0 saturated carbocycles. The van der Waals surface area contributed by atoms with Gasteiger partial charge in [0.2, 0.25) is 5.91 Å². The molecule has 2 aromatic carbocycles. The highest BCUT2D eigenvalue weighted by molar-refractivity contribution is 6.11. The van der Waals surface area contributed by atoms with Crippen LogP contribution in [0, 0.1) is 0 Å². The quantitative estimate of drug-likeness (QED) is 0.591. The van der Waals surface area contributed by atoms with E-state index in [1.54, 1.807) is 29.0 Å². The maximum atomic E-state index is 13.4. The van der Waals surface area contributed by atoms with Crippen molar-refractivity contribution >= 4 is 17.5 Å². The number of methoxy groups -OCH3 is 1. The minimum Gasteiger partial charge on any atom is -0.493 e. The van der Waals surface area contributed by atoms with Crippen LogP contribution in [0.5, 0.6) is 11.5 Å². The Morgan fingerprint density at radius 2 is 1.87 bits per heavy atom. The summed E-state index contributed by atoms with van der Waals surface area (Å²) >= 11 is 0. The third-order valence-corrected chi connectivity index (χ3v) is 6.09. The zero-order valence-corrected chi connectivity index (χ0v) is 18.3. The molecular formula is C25H30N2O4. The van der Waals surface area contributed by atoms with Gasteiger partial charge in [0.05, 0.1) is 18.4 Å². The number of hydrogen-bond acceptors (Lipinski definition) is 4. The van der Waals surface area contributed by atoms with Crippen molar-refractivity contribution in [2.45, 2.75) is 51.7 Å². The summed E-state index contributed by atoms with van der Waals surface area (Å²) < 4.78 is 11.6. The number of benzene rings is 2. The van der Waals surface area contributed by atoms with Crippen molar-refractivity contribution < 1.29 is 19.1 Å². The smallest absolute Gasteiger partial charge is 0.256 e. The normalized spacial score (nSPS) is 17.9. The summed E-state index contributed by atoms with van der Waals surface area (Å²) in [7, 11) is 1.57. The van der Waals surface area contributed by atoms with Gasteiger partial charge >= 0.3 is 0 Å².